The van der Waals surface area contributed by atoms with Gasteiger partial charge < -0.3 is 20.1 Å². The molecule has 0 saturated carbocycles. The van der Waals surface area contributed by atoms with Gasteiger partial charge in [0.15, 0.2) is 5.78 Å². The minimum atomic E-state index is -0.811. The molecule has 246 valence electrons. The molecule has 0 fully saturated rings. The van der Waals surface area contributed by atoms with Crippen molar-refractivity contribution in [2.24, 2.45) is 11.8 Å². The van der Waals surface area contributed by atoms with Crippen molar-refractivity contribution >= 4 is 17.8 Å². The number of fused-ring (bicyclic) bond motifs is 1. The highest BCUT2D eigenvalue weighted by Gasteiger charge is 2.29. The second kappa shape index (κ2) is 17.5. The number of amides is 2. The minimum Gasteiger partial charge on any atom is -0.489 e. The number of carbonyl (C=O) groups is 3. The van der Waals surface area contributed by atoms with Gasteiger partial charge in [-0.3, -0.25) is 14.5 Å². The summed E-state index contributed by atoms with van der Waals surface area (Å²) in [7, 11) is 0. The summed E-state index contributed by atoms with van der Waals surface area (Å²) in [6.07, 6.45) is 2.12. The zero-order valence-electron chi connectivity index (χ0n) is 27.7. The third-order valence-electron chi connectivity index (χ3n) is 8.06. The molecule has 0 radical (unpaired) electrons. The van der Waals surface area contributed by atoms with E-state index in [2.05, 4.69) is 39.8 Å². The van der Waals surface area contributed by atoms with Crippen LogP contribution in [0.3, 0.4) is 0 Å². The number of benzene rings is 3. The zero-order valence-corrected chi connectivity index (χ0v) is 27.7. The molecule has 46 heavy (non-hydrogen) atoms. The van der Waals surface area contributed by atoms with Crippen molar-refractivity contribution in [3.63, 3.8) is 0 Å². The van der Waals surface area contributed by atoms with Gasteiger partial charge >= 0.3 is 6.09 Å². The number of nitrogens with zero attached hydrogens (tertiary/aromatic N) is 1. The van der Waals surface area contributed by atoms with Crippen LogP contribution in [0.15, 0.2) is 78.9 Å². The highest BCUT2D eigenvalue weighted by molar-refractivity contribution is 5.93. The summed E-state index contributed by atoms with van der Waals surface area (Å²) >= 11 is 0. The Morgan fingerprint density at radius 2 is 1.39 bits per heavy atom. The summed E-state index contributed by atoms with van der Waals surface area (Å²) in [5, 5.41) is 5.72. The van der Waals surface area contributed by atoms with Crippen molar-refractivity contribution in [3.05, 3.63) is 101 Å². The number of carbonyl (C=O) groups excluding carboxylic acids is 3. The van der Waals surface area contributed by atoms with Crippen LogP contribution in [0.4, 0.5) is 4.79 Å². The molecule has 8 heteroatoms. The van der Waals surface area contributed by atoms with Crippen LogP contribution in [0.2, 0.25) is 0 Å². The highest BCUT2D eigenvalue weighted by Crippen LogP contribution is 2.25. The second-order valence-electron chi connectivity index (χ2n) is 13.1. The van der Waals surface area contributed by atoms with Crippen LogP contribution in [0.5, 0.6) is 5.75 Å². The number of ether oxygens (including phenoxy) is 2. The number of aryl methyl sites for hydroxylation is 1. The molecule has 2 amide bonds. The van der Waals surface area contributed by atoms with Gasteiger partial charge in [-0.15, -0.1) is 0 Å². The van der Waals surface area contributed by atoms with Crippen LogP contribution in [-0.4, -0.2) is 47.9 Å². The first kappa shape index (κ1) is 34.7. The van der Waals surface area contributed by atoms with E-state index in [0.29, 0.717) is 26.0 Å². The number of nitrogens with one attached hydrogen (secondary N) is 2. The molecule has 0 aliphatic carbocycles. The van der Waals surface area contributed by atoms with Crippen LogP contribution in [0, 0.1) is 11.8 Å². The van der Waals surface area contributed by atoms with Crippen LogP contribution >= 0.6 is 0 Å². The second-order valence-corrected chi connectivity index (χ2v) is 13.1. The van der Waals surface area contributed by atoms with Crippen LogP contribution in [0.1, 0.15) is 69.2 Å². The number of hydrogen-bond donors (Lipinski definition) is 2. The number of alkyl carbamates (subject to hydrolysis) is 1. The van der Waals surface area contributed by atoms with Crippen LogP contribution in [-0.2, 0) is 40.5 Å². The van der Waals surface area contributed by atoms with Gasteiger partial charge in [-0.1, -0.05) is 94.4 Å². The number of hydrogen-bond acceptors (Lipinski definition) is 6. The van der Waals surface area contributed by atoms with Gasteiger partial charge in [0.1, 0.15) is 25.0 Å². The lowest BCUT2D eigenvalue weighted by atomic mass is 9.98. The van der Waals surface area contributed by atoms with E-state index < -0.39 is 18.2 Å². The molecule has 1 aliphatic rings. The lowest BCUT2D eigenvalue weighted by Crippen LogP contribution is -2.53. The third-order valence-corrected chi connectivity index (χ3v) is 8.06. The Hall–Kier alpha value is -4.17. The summed E-state index contributed by atoms with van der Waals surface area (Å²) < 4.78 is 11.4. The SMILES string of the molecule is CC(C)C[C@@H](NC(=O)[C@@H](CC(C)C)NC(=O)OCc1ccccc1)C(=O)CN1CCCc2cc(OCc3ccccc3)ccc2C1. The van der Waals surface area contributed by atoms with Crippen molar-refractivity contribution in [2.75, 3.05) is 13.1 Å². The molecule has 1 heterocycles. The van der Waals surface area contributed by atoms with E-state index in [-0.39, 0.29) is 36.7 Å². The number of ketones is 1. The first-order chi connectivity index (χ1) is 22.2. The molecule has 2 atom stereocenters. The molecule has 0 bridgehead atoms. The van der Waals surface area contributed by atoms with Crippen molar-refractivity contribution in [1.29, 1.82) is 0 Å². The maximum absolute atomic E-state index is 13.7. The molecule has 8 nitrogen and oxygen atoms in total. The normalized spacial score (nSPS) is 14.6. The van der Waals surface area contributed by atoms with E-state index in [1.165, 1.54) is 11.1 Å². The smallest absolute Gasteiger partial charge is 0.408 e. The average Bonchev–Trinajstić information content (AvgIpc) is 3.24. The number of rotatable bonds is 15. The zero-order chi connectivity index (χ0) is 32.9. The fourth-order valence-electron chi connectivity index (χ4n) is 5.72. The van der Waals surface area contributed by atoms with Gasteiger partial charge in [0.05, 0.1) is 12.6 Å². The Labute approximate surface area is 273 Å². The molecule has 3 aromatic carbocycles. The Morgan fingerprint density at radius 1 is 0.761 bits per heavy atom. The van der Waals surface area contributed by atoms with E-state index in [9.17, 15) is 14.4 Å². The van der Waals surface area contributed by atoms with Crippen LogP contribution in [0.25, 0.3) is 0 Å². The van der Waals surface area contributed by atoms with Gasteiger partial charge in [0.2, 0.25) is 5.91 Å². The molecule has 0 unspecified atom stereocenters. The standard InChI is InChI=1S/C38H49N3O5/c1-27(2)20-34(39-37(43)35(21-28(3)4)40-38(44)46-26-30-14-9-6-10-15-30)36(42)24-41-19-11-16-31-22-33(18-17-32(31)23-41)45-25-29-12-7-5-8-13-29/h5-10,12-15,17-18,22,27-28,34-35H,11,16,19-21,23-26H2,1-4H3,(H,39,43)(H,40,44)/t34-,35-/m1/s1. The maximum atomic E-state index is 13.7. The van der Waals surface area contributed by atoms with Crippen LogP contribution < -0.4 is 15.4 Å². The van der Waals surface area contributed by atoms with Crippen molar-refractivity contribution in [2.45, 2.75) is 85.2 Å². The third kappa shape index (κ3) is 11.3. The van der Waals surface area contributed by atoms with Gasteiger partial charge in [0.25, 0.3) is 0 Å². The largest absolute Gasteiger partial charge is 0.489 e. The molecular weight excluding hydrogens is 578 g/mol. The summed E-state index contributed by atoms with van der Waals surface area (Å²) in [5.74, 6) is 0.795. The molecule has 3 aromatic rings. The van der Waals surface area contributed by atoms with E-state index in [1.54, 1.807) is 0 Å². The monoisotopic (exact) mass is 627 g/mol. The van der Waals surface area contributed by atoms with Crippen molar-refractivity contribution < 1.29 is 23.9 Å². The van der Waals surface area contributed by atoms with E-state index in [4.69, 9.17) is 9.47 Å². The summed E-state index contributed by atoms with van der Waals surface area (Å²) in [5.41, 5.74) is 4.42. The first-order valence-corrected chi connectivity index (χ1v) is 16.5. The summed E-state index contributed by atoms with van der Waals surface area (Å²) in [4.78, 5) is 42.0. The molecule has 1 aliphatic heterocycles. The summed E-state index contributed by atoms with van der Waals surface area (Å²) in [6.45, 7) is 10.4. The van der Waals surface area contributed by atoms with Gasteiger partial charge in [-0.05, 0) is 78.5 Å². The van der Waals surface area contributed by atoms with Gasteiger partial charge in [-0.2, -0.15) is 0 Å². The fraction of sp³-hybridized carbons (Fsp3) is 0.447. The predicted octanol–water partition coefficient (Wildman–Crippen LogP) is 6.45. The van der Waals surface area contributed by atoms with Gasteiger partial charge in [-0.25, -0.2) is 4.79 Å². The van der Waals surface area contributed by atoms with E-state index in [1.807, 2.05) is 82.3 Å². The van der Waals surface area contributed by atoms with Crippen molar-refractivity contribution in [3.8, 4) is 5.75 Å². The van der Waals surface area contributed by atoms with Crippen molar-refractivity contribution in [1.82, 2.24) is 15.5 Å². The predicted molar refractivity (Wildman–Crippen MR) is 180 cm³/mol. The summed E-state index contributed by atoms with van der Waals surface area (Å²) in [6, 6.07) is 24.3. The topological polar surface area (TPSA) is 97.0 Å². The number of Topliss-reactive ketones (excluding diaryl/α,β-unsaturated/α-hetero) is 1. The quantitative estimate of drug-likeness (QED) is 0.201. The molecule has 0 saturated heterocycles. The van der Waals surface area contributed by atoms with E-state index >= 15 is 0 Å². The molecule has 0 spiro atoms. The molecular formula is C38H49N3O5. The fourth-order valence-corrected chi connectivity index (χ4v) is 5.72. The Kier molecular flexibility index (Phi) is 13.2. The van der Waals surface area contributed by atoms with Gasteiger partial charge in [0, 0.05) is 6.54 Å². The highest BCUT2D eigenvalue weighted by atomic mass is 16.5. The first-order valence-electron chi connectivity index (χ1n) is 16.5. The average molecular weight is 628 g/mol. The minimum absolute atomic E-state index is 0.0248. The maximum Gasteiger partial charge on any atom is 0.408 e. The Bertz CT molecular complexity index is 1410. The lowest BCUT2D eigenvalue weighted by Gasteiger charge is -2.27. The van der Waals surface area contributed by atoms with E-state index in [0.717, 1.165) is 36.3 Å². The molecule has 4 rings (SSSR count). The molecule has 2 N–H and O–H groups in total. The lowest BCUT2D eigenvalue weighted by molar-refractivity contribution is -0.130. The molecule has 0 aromatic heterocycles. The Balaban J connectivity index is 1.35. The Morgan fingerprint density at radius 3 is 2.04 bits per heavy atom.